The number of nitrogens with zero attached hydrogens (tertiary/aromatic N) is 1. The Balaban J connectivity index is 2.39. The third-order valence-corrected chi connectivity index (χ3v) is 2.97. The van der Waals surface area contributed by atoms with Crippen molar-refractivity contribution in [3.05, 3.63) is 0 Å². The number of carbonyl (C=O) groups excluding carboxylic acids is 1. The van der Waals surface area contributed by atoms with E-state index in [1.54, 1.807) is 0 Å². The number of rotatable bonds is 3. The van der Waals surface area contributed by atoms with E-state index < -0.39 is 6.09 Å². The Kier molecular flexibility index (Phi) is 3.93. The lowest BCUT2D eigenvalue weighted by atomic mass is 9.98. The summed E-state index contributed by atoms with van der Waals surface area (Å²) in [6.07, 6.45) is 0.807. The number of carbonyl (C=O) groups is 1. The number of ether oxygens (including phenoxy) is 1. The van der Waals surface area contributed by atoms with Crippen molar-refractivity contribution in [3.63, 3.8) is 0 Å². The Bertz CT molecular complexity index is 223. The molecule has 5 nitrogen and oxygen atoms in total. The van der Waals surface area contributed by atoms with Crippen LogP contribution in [0.4, 0.5) is 4.79 Å². The highest BCUT2D eigenvalue weighted by Crippen LogP contribution is 2.21. The maximum atomic E-state index is 10.5. The van der Waals surface area contributed by atoms with Gasteiger partial charge in [0.1, 0.15) is 6.10 Å². The highest BCUT2D eigenvalue weighted by atomic mass is 16.6. The topological polar surface area (TPSA) is 75.8 Å². The molecule has 1 aliphatic heterocycles. The Labute approximate surface area is 90.2 Å². The van der Waals surface area contributed by atoms with Crippen LogP contribution in [0, 0.1) is 0 Å². The molecule has 0 bridgehead atoms. The van der Waals surface area contributed by atoms with Crippen molar-refractivity contribution < 1.29 is 14.6 Å². The van der Waals surface area contributed by atoms with E-state index in [4.69, 9.17) is 10.5 Å². The summed E-state index contributed by atoms with van der Waals surface area (Å²) in [7, 11) is 0. The predicted molar refractivity (Wildman–Crippen MR) is 56.4 cm³/mol. The number of hydrogen-bond donors (Lipinski definition) is 2. The molecular weight excluding hydrogens is 196 g/mol. The molecule has 0 spiro atoms. The molecule has 88 valence electrons. The summed E-state index contributed by atoms with van der Waals surface area (Å²) in [4.78, 5) is 12.8. The van der Waals surface area contributed by atoms with Gasteiger partial charge in [-0.25, -0.2) is 4.79 Å². The number of aliphatic hydroxyl groups excluding tert-OH is 1. The molecule has 0 atom stereocenters. The average molecular weight is 216 g/mol. The van der Waals surface area contributed by atoms with Gasteiger partial charge < -0.3 is 15.6 Å². The van der Waals surface area contributed by atoms with Crippen LogP contribution < -0.4 is 5.73 Å². The van der Waals surface area contributed by atoms with Crippen molar-refractivity contribution in [2.24, 2.45) is 5.73 Å². The molecule has 0 aromatic rings. The maximum absolute atomic E-state index is 10.5. The summed E-state index contributed by atoms with van der Waals surface area (Å²) in [5.74, 6) is 0. The molecule has 15 heavy (non-hydrogen) atoms. The Morgan fingerprint density at radius 2 is 2.07 bits per heavy atom. The molecule has 1 heterocycles. The third kappa shape index (κ3) is 3.35. The second-order valence-corrected chi connectivity index (χ2v) is 4.59. The van der Waals surface area contributed by atoms with Crippen LogP contribution in [0.15, 0.2) is 0 Å². The van der Waals surface area contributed by atoms with E-state index in [9.17, 15) is 9.90 Å². The zero-order valence-corrected chi connectivity index (χ0v) is 9.40. The quantitative estimate of drug-likeness (QED) is 0.712. The number of aliphatic hydroxyl groups is 1. The van der Waals surface area contributed by atoms with Crippen LogP contribution in [-0.4, -0.2) is 47.4 Å². The number of nitrogens with two attached hydrogens (primary N) is 1. The van der Waals surface area contributed by atoms with Crippen molar-refractivity contribution in [1.29, 1.82) is 0 Å². The van der Waals surface area contributed by atoms with E-state index >= 15 is 0 Å². The first-order valence-electron chi connectivity index (χ1n) is 5.27. The smallest absolute Gasteiger partial charge is 0.404 e. The Hall–Kier alpha value is -0.810. The van der Waals surface area contributed by atoms with Crippen LogP contribution in [-0.2, 0) is 4.74 Å². The van der Waals surface area contributed by atoms with Crippen LogP contribution in [0.5, 0.6) is 0 Å². The molecule has 0 aromatic carbocycles. The minimum Gasteiger partial charge on any atom is -0.446 e. The van der Waals surface area contributed by atoms with Gasteiger partial charge in [-0.15, -0.1) is 0 Å². The lowest BCUT2D eigenvalue weighted by Gasteiger charge is -2.41. The maximum Gasteiger partial charge on any atom is 0.404 e. The fourth-order valence-corrected chi connectivity index (χ4v) is 1.84. The molecule has 0 aliphatic carbocycles. The van der Waals surface area contributed by atoms with E-state index in [0.717, 1.165) is 25.9 Å². The molecule has 0 saturated carbocycles. The zero-order chi connectivity index (χ0) is 11.5. The molecular formula is C10H20N2O3. The van der Waals surface area contributed by atoms with E-state index in [1.165, 1.54) is 0 Å². The van der Waals surface area contributed by atoms with E-state index in [2.05, 4.69) is 4.90 Å². The fourth-order valence-electron chi connectivity index (χ4n) is 1.84. The van der Waals surface area contributed by atoms with Crippen LogP contribution in [0.2, 0.25) is 0 Å². The predicted octanol–water partition coefficient (Wildman–Crippen LogP) is 0.317. The van der Waals surface area contributed by atoms with Crippen molar-refractivity contribution in [1.82, 2.24) is 4.90 Å². The third-order valence-electron chi connectivity index (χ3n) is 2.97. The summed E-state index contributed by atoms with van der Waals surface area (Å²) in [6.45, 7) is 5.79. The molecule has 1 fully saturated rings. The largest absolute Gasteiger partial charge is 0.446 e. The molecule has 5 heteroatoms. The van der Waals surface area contributed by atoms with Crippen LogP contribution >= 0.6 is 0 Å². The van der Waals surface area contributed by atoms with Gasteiger partial charge in [0.05, 0.1) is 6.61 Å². The SMILES string of the molecule is CC(C)(CO)N1CCC(OC(N)=O)CC1. The van der Waals surface area contributed by atoms with Crippen LogP contribution in [0.25, 0.3) is 0 Å². The van der Waals surface area contributed by atoms with Gasteiger partial charge in [-0.1, -0.05) is 0 Å². The standard InChI is InChI=1S/C10H20N2O3/c1-10(2,7-13)12-5-3-8(4-6-12)15-9(11)14/h8,13H,3-7H2,1-2H3,(H2,11,14). The number of likely N-dealkylation sites (tertiary alicyclic amines) is 1. The molecule has 1 rings (SSSR count). The van der Waals surface area contributed by atoms with Gasteiger partial charge in [-0.3, -0.25) is 4.90 Å². The van der Waals surface area contributed by atoms with Crippen LogP contribution in [0.1, 0.15) is 26.7 Å². The normalized spacial score (nSPS) is 20.2. The molecule has 0 unspecified atom stereocenters. The summed E-state index contributed by atoms with van der Waals surface area (Å²) >= 11 is 0. The van der Waals surface area contributed by atoms with Gasteiger partial charge in [0.2, 0.25) is 0 Å². The first kappa shape index (κ1) is 12.3. The van der Waals surface area contributed by atoms with Crippen molar-refractivity contribution in [2.45, 2.75) is 38.3 Å². The summed E-state index contributed by atoms with van der Waals surface area (Å²) in [6, 6.07) is 0. The van der Waals surface area contributed by atoms with Crippen molar-refractivity contribution in [3.8, 4) is 0 Å². The zero-order valence-electron chi connectivity index (χ0n) is 9.40. The van der Waals surface area contributed by atoms with Crippen LogP contribution in [0.3, 0.4) is 0 Å². The molecule has 1 amide bonds. The van der Waals surface area contributed by atoms with E-state index in [0.29, 0.717) is 0 Å². The molecule has 1 saturated heterocycles. The summed E-state index contributed by atoms with van der Waals surface area (Å²) in [5.41, 5.74) is 4.76. The fraction of sp³-hybridized carbons (Fsp3) is 0.900. The van der Waals surface area contributed by atoms with Gasteiger partial charge in [0.25, 0.3) is 0 Å². The number of amides is 1. The number of piperidine rings is 1. The van der Waals surface area contributed by atoms with E-state index in [-0.39, 0.29) is 18.2 Å². The van der Waals surface area contributed by atoms with E-state index in [1.807, 2.05) is 13.8 Å². The molecule has 3 N–H and O–H groups in total. The van der Waals surface area contributed by atoms with Gasteiger partial charge >= 0.3 is 6.09 Å². The number of hydrogen-bond acceptors (Lipinski definition) is 4. The monoisotopic (exact) mass is 216 g/mol. The molecule has 0 radical (unpaired) electrons. The Morgan fingerprint density at radius 3 is 2.47 bits per heavy atom. The minimum absolute atomic E-state index is 0.0618. The van der Waals surface area contributed by atoms with Crippen molar-refractivity contribution in [2.75, 3.05) is 19.7 Å². The van der Waals surface area contributed by atoms with Gasteiger partial charge in [-0.2, -0.15) is 0 Å². The second-order valence-electron chi connectivity index (χ2n) is 4.59. The van der Waals surface area contributed by atoms with Crippen molar-refractivity contribution >= 4 is 6.09 Å². The summed E-state index contributed by atoms with van der Waals surface area (Å²) in [5, 5.41) is 9.21. The summed E-state index contributed by atoms with van der Waals surface area (Å²) < 4.78 is 4.94. The lowest BCUT2D eigenvalue weighted by Crippen LogP contribution is -2.51. The molecule has 1 aliphatic rings. The first-order chi connectivity index (χ1) is 6.95. The van der Waals surface area contributed by atoms with Gasteiger partial charge in [0.15, 0.2) is 0 Å². The van der Waals surface area contributed by atoms with Gasteiger partial charge in [0, 0.05) is 18.6 Å². The molecule has 0 aromatic heterocycles. The highest BCUT2D eigenvalue weighted by molar-refractivity contribution is 5.64. The number of primary amides is 1. The van der Waals surface area contributed by atoms with Gasteiger partial charge in [-0.05, 0) is 26.7 Å². The minimum atomic E-state index is -0.699. The Morgan fingerprint density at radius 1 is 1.53 bits per heavy atom. The second kappa shape index (κ2) is 4.81. The highest BCUT2D eigenvalue weighted by Gasteiger charge is 2.30. The average Bonchev–Trinajstić information content (AvgIpc) is 2.18. The lowest BCUT2D eigenvalue weighted by molar-refractivity contribution is -0.00171. The first-order valence-corrected chi connectivity index (χ1v) is 5.27.